The molecule has 3 heteroatoms. The molecule has 0 N–H and O–H groups in total. The van der Waals surface area contributed by atoms with Crippen molar-refractivity contribution in [2.75, 3.05) is 0 Å². The number of benzene rings is 7. The van der Waals surface area contributed by atoms with Gasteiger partial charge in [0.05, 0.1) is 28.1 Å². The SMILES string of the molecule is c1ccc(-c2nc3c(-c4ccc5ccccc5c4)ccc(-c4ccc5ccccc5c4)c3nc2-c2ccc(-c3ccccn3)cc2)cc1. The zero-order chi connectivity index (χ0) is 31.9. The Morgan fingerprint density at radius 1 is 0.312 bits per heavy atom. The lowest BCUT2D eigenvalue weighted by atomic mass is 9.94. The van der Waals surface area contributed by atoms with E-state index in [-0.39, 0.29) is 0 Å². The minimum absolute atomic E-state index is 0.846. The molecule has 7 aromatic carbocycles. The van der Waals surface area contributed by atoms with Crippen molar-refractivity contribution in [1.82, 2.24) is 15.0 Å². The van der Waals surface area contributed by atoms with Crippen molar-refractivity contribution in [3.8, 4) is 56.0 Å². The Morgan fingerprint density at radius 2 is 0.771 bits per heavy atom. The number of rotatable bonds is 5. The molecule has 0 unspecified atom stereocenters. The van der Waals surface area contributed by atoms with Gasteiger partial charge in [-0.3, -0.25) is 4.98 Å². The molecule has 0 atom stereocenters. The molecule has 0 saturated carbocycles. The molecule has 224 valence electrons. The van der Waals surface area contributed by atoms with Gasteiger partial charge in [-0.2, -0.15) is 0 Å². The third-order valence-corrected chi connectivity index (χ3v) is 9.11. The average molecular weight is 612 g/mol. The standard InChI is InChI=1S/C45H29N3/c1-2-12-33(13-3-1)42-43(34-21-19-32(20-22-34)41-16-8-9-27-46-41)48-45-40(38-24-18-31-11-5-7-15-36(31)29-38)26-25-39(44(45)47-42)37-23-17-30-10-4-6-14-35(30)28-37/h1-29H. The van der Waals surface area contributed by atoms with Gasteiger partial charge in [-0.05, 0) is 56.9 Å². The van der Waals surface area contributed by atoms with Gasteiger partial charge in [0, 0.05) is 34.0 Å². The molecule has 2 aromatic heterocycles. The summed E-state index contributed by atoms with van der Waals surface area (Å²) in [6.07, 6.45) is 1.83. The Hall–Kier alpha value is -6.45. The fraction of sp³-hybridized carbons (Fsp3) is 0. The smallest absolute Gasteiger partial charge is 0.0979 e. The van der Waals surface area contributed by atoms with E-state index in [1.165, 1.54) is 21.5 Å². The predicted octanol–water partition coefficient (Wildman–Crippen LogP) is 11.7. The van der Waals surface area contributed by atoms with Crippen LogP contribution < -0.4 is 0 Å². The van der Waals surface area contributed by atoms with Crippen LogP contribution in [0.5, 0.6) is 0 Å². The molecule has 3 nitrogen and oxygen atoms in total. The zero-order valence-electron chi connectivity index (χ0n) is 26.1. The molecule has 0 bridgehead atoms. The van der Waals surface area contributed by atoms with Crippen LogP contribution in [0.15, 0.2) is 176 Å². The molecule has 0 fully saturated rings. The molecule has 0 aliphatic carbocycles. The van der Waals surface area contributed by atoms with Crippen molar-refractivity contribution in [3.63, 3.8) is 0 Å². The van der Waals surface area contributed by atoms with Crippen LogP contribution in [0.1, 0.15) is 0 Å². The van der Waals surface area contributed by atoms with Gasteiger partial charge in [-0.25, -0.2) is 9.97 Å². The minimum atomic E-state index is 0.846. The first-order valence-electron chi connectivity index (χ1n) is 16.2. The molecule has 2 heterocycles. The zero-order valence-corrected chi connectivity index (χ0v) is 26.1. The highest BCUT2D eigenvalue weighted by Crippen LogP contribution is 2.40. The van der Waals surface area contributed by atoms with Crippen LogP contribution in [0, 0.1) is 0 Å². The van der Waals surface area contributed by atoms with E-state index < -0.39 is 0 Å². The summed E-state index contributed by atoms with van der Waals surface area (Å²) in [6, 6.07) is 59.6. The lowest BCUT2D eigenvalue weighted by Gasteiger charge is -2.16. The molecule has 9 aromatic rings. The van der Waals surface area contributed by atoms with Crippen LogP contribution in [0.25, 0.3) is 88.6 Å². The maximum absolute atomic E-state index is 5.55. The maximum Gasteiger partial charge on any atom is 0.0979 e. The van der Waals surface area contributed by atoms with Crippen molar-refractivity contribution >= 4 is 32.6 Å². The van der Waals surface area contributed by atoms with Gasteiger partial charge in [0.15, 0.2) is 0 Å². The van der Waals surface area contributed by atoms with Crippen LogP contribution in [0.3, 0.4) is 0 Å². The molecule has 9 rings (SSSR count). The molecule has 48 heavy (non-hydrogen) atoms. The largest absolute Gasteiger partial charge is 0.256 e. The molecule has 0 spiro atoms. The monoisotopic (exact) mass is 611 g/mol. The number of fused-ring (bicyclic) bond motifs is 3. The first-order chi connectivity index (χ1) is 23.8. The molecule has 0 saturated heterocycles. The van der Waals surface area contributed by atoms with Crippen molar-refractivity contribution in [3.05, 3.63) is 176 Å². The summed E-state index contributed by atoms with van der Waals surface area (Å²) in [5.74, 6) is 0. The Labute approximate surface area is 278 Å². The van der Waals surface area contributed by atoms with Crippen LogP contribution in [0.4, 0.5) is 0 Å². The second-order valence-electron chi connectivity index (χ2n) is 12.1. The number of hydrogen-bond acceptors (Lipinski definition) is 3. The van der Waals surface area contributed by atoms with Crippen LogP contribution in [-0.2, 0) is 0 Å². The summed E-state index contributed by atoms with van der Waals surface area (Å²) >= 11 is 0. The van der Waals surface area contributed by atoms with Crippen LogP contribution >= 0.6 is 0 Å². The number of nitrogens with zero attached hydrogens (tertiary/aromatic N) is 3. The van der Waals surface area contributed by atoms with Gasteiger partial charge in [-0.15, -0.1) is 0 Å². The quantitative estimate of drug-likeness (QED) is 0.194. The van der Waals surface area contributed by atoms with Gasteiger partial charge >= 0.3 is 0 Å². The number of hydrogen-bond donors (Lipinski definition) is 0. The second kappa shape index (κ2) is 11.7. The van der Waals surface area contributed by atoms with Crippen LogP contribution in [0.2, 0.25) is 0 Å². The highest BCUT2D eigenvalue weighted by Gasteiger charge is 2.19. The highest BCUT2D eigenvalue weighted by atomic mass is 14.8. The van der Waals surface area contributed by atoms with Crippen molar-refractivity contribution in [2.24, 2.45) is 0 Å². The molecule has 0 radical (unpaired) electrons. The second-order valence-corrected chi connectivity index (χ2v) is 12.1. The first kappa shape index (κ1) is 27.8. The Balaban J connectivity index is 1.32. The summed E-state index contributed by atoms with van der Waals surface area (Å²) in [7, 11) is 0. The van der Waals surface area contributed by atoms with Crippen molar-refractivity contribution in [1.29, 1.82) is 0 Å². The topological polar surface area (TPSA) is 38.7 Å². The van der Waals surface area contributed by atoms with Gasteiger partial charge < -0.3 is 0 Å². The lowest BCUT2D eigenvalue weighted by Crippen LogP contribution is -1.99. The van der Waals surface area contributed by atoms with E-state index in [2.05, 4.69) is 151 Å². The maximum atomic E-state index is 5.55. The van der Waals surface area contributed by atoms with Gasteiger partial charge in [0.25, 0.3) is 0 Å². The summed E-state index contributed by atoms with van der Waals surface area (Å²) < 4.78 is 0. The van der Waals surface area contributed by atoms with E-state index >= 15 is 0 Å². The first-order valence-corrected chi connectivity index (χ1v) is 16.2. The Morgan fingerprint density at radius 3 is 1.31 bits per heavy atom. The molecule has 0 amide bonds. The molecular weight excluding hydrogens is 583 g/mol. The van der Waals surface area contributed by atoms with Gasteiger partial charge in [-0.1, -0.05) is 146 Å². The van der Waals surface area contributed by atoms with E-state index in [0.717, 1.165) is 67.1 Å². The van der Waals surface area contributed by atoms with Crippen LogP contribution in [-0.4, -0.2) is 15.0 Å². The highest BCUT2D eigenvalue weighted by molar-refractivity contribution is 6.05. The van der Waals surface area contributed by atoms with Crippen molar-refractivity contribution in [2.45, 2.75) is 0 Å². The third kappa shape index (κ3) is 4.99. The van der Waals surface area contributed by atoms with Crippen molar-refractivity contribution < 1.29 is 0 Å². The lowest BCUT2D eigenvalue weighted by molar-refractivity contribution is 1.29. The fourth-order valence-electron chi connectivity index (χ4n) is 6.65. The fourth-order valence-corrected chi connectivity index (χ4v) is 6.65. The van der Waals surface area contributed by atoms with Gasteiger partial charge in [0.2, 0.25) is 0 Å². The number of aromatic nitrogens is 3. The summed E-state index contributed by atoms with van der Waals surface area (Å²) in [4.78, 5) is 15.6. The van der Waals surface area contributed by atoms with E-state index in [0.29, 0.717) is 0 Å². The van der Waals surface area contributed by atoms with E-state index in [4.69, 9.17) is 9.97 Å². The molecule has 0 aliphatic heterocycles. The van der Waals surface area contributed by atoms with E-state index in [1.54, 1.807) is 0 Å². The molecule has 0 aliphatic rings. The Bertz CT molecular complexity index is 2590. The summed E-state index contributed by atoms with van der Waals surface area (Å²) in [6.45, 7) is 0. The average Bonchev–Trinajstić information content (AvgIpc) is 3.17. The minimum Gasteiger partial charge on any atom is -0.256 e. The van der Waals surface area contributed by atoms with Gasteiger partial charge in [0.1, 0.15) is 0 Å². The predicted molar refractivity (Wildman–Crippen MR) is 200 cm³/mol. The Kier molecular flexibility index (Phi) is 6.80. The molecular formula is C45H29N3. The third-order valence-electron chi connectivity index (χ3n) is 9.11. The number of pyridine rings is 1. The normalized spacial score (nSPS) is 11.3. The van der Waals surface area contributed by atoms with E-state index in [1.807, 2.05) is 30.5 Å². The van der Waals surface area contributed by atoms with E-state index in [9.17, 15) is 0 Å². The summed E-state index contributed by atoms with van der Waals surface area (Å²) in [5.41, 5.74) is 11.8. The summed E-state index contributed by atoms with van der Waals surface area (Å²) in [5, 5.41) is 4.82.